The van der Waals surface area contributed by atoms with Gasteiger partial charge in [-0.1, -0.05) is 13.8 Å². The van der Waals surface area contributed by atoms with Crippen LogP contribution in [-0.2, 0) is 19.0 Å². The number of carbonyl (C=O) groups is 2. The van der Waals surface area contributed by atoms with Crippen LogP contribution in [0.3, 0.4) is 0 Å². The Hall–Kier alpha value is -1.34. The van der Waals surface area contributed by atoms with Gasteiger partial charge in [0.1, 0.15) is 6.04 Å². The fourth-order valence-electron chi connectivity index (χ4n) is 1.26. The molecule has 0 aliphatic rings. The molecule has 18 heavy (non-hydrogen) atoms. The standard InChI is InChI=1S/C11H22N2O5/c1-7(2)9(10(14)18-5)13-11(15)12-6-8(16-3)17-4/h7-9H,6H2,1-5H3,(H2,12,13,15). The Labute approximate surface area is 107 Å². The van der Waals surface area contributed by atoms with Crippen LogP contribution in [0.15, 0.2) is 0 Å². The largest absolute Gasteiger partial charge is 0.467 e. The first-order valence-corrected chi connectivity index (χ1v) is 5.64. The summed E-state index contributed by atoms with van der Waals surface area (Å²) in [6.07, 6.45) is -0.522. The van der Waals surface area contributed by atoms with Crippen molar-refractivity contribution in [1.29, 1.82) is 0 Å². The summed E-state index contributed by atoms with van der Waals surface area (Å²) < 4.78 is 14.4. The Morgan fingerprint density at radius 2 is 1.67 bits per heavy atom. The second-order valence-electron chi connectivity index (χ2n) is 4.00. The Morgan fingerprint density at radius 1 is 1.11 bits per heavy atom. The highest BCUT2D eigenvalue weighted by atomic mass is 16.7. The zero-order valence-electron chi connectivity index (χ0n) is 11.5. The molecule has 106 valence electrons. The average Bonchev–Trinajstić information content (AvgIpc) is 2.35. The molecule has 0 radical (unpaired) electrons. The maximum Gasteiger partial charge on any atom is 0.328 e. The average molecular weight is 262 g/mol. The number of esters is 1. The number of amides is 2. The fraction of sp³-hybridized carbons (Fsp3) is 0.818. The van der Waals surface area contributed by atoms with E-state index >= 15 is 0 Å². The van der Waals surface area contributed by atoms with Crippen LogP contribution in [0.1, 0.15) is 13.8 Å². The van der Waals surface area contributed by atoms with E-state index in [1.165, 1.54) is 21.3 Å². The van der Waals surface area contributed by atoms with Crippen molar-refractivity contribution in [3.8, 4) is 0 Å². The van der Waals surface area contributed by atoms with E-state index in [1.807, 2.05) is 13.8 Å². The molecule has 7 heteroatoms. The molecule has 0 saturated heterocycles. The predicted molar refractivity (Wildman–Crippen MR) is 65.0 cm³/mol. The second-order valence-corrected chi connectivity index (χ2v) is 4.00. The maximum atomic E-state index is 11.6. The van der Waals surface area contributed by atoms with Crippen LogP contribution in [0.4, 0.5) is 4.79 Å². The van der Waals surface area contributed by atoms with Gasteiger partial charge in [0.25, 0.3) is 0 Å². The van der Waals surface area contributed by atoms with Gasteiger partial charge in [-0.05, 0) is 5.92 Å². The van der Waals surface area contributed by atoms with Crippen LogP contribution in [-0.4, -0.2) is 52.2 Å². The van der Waals surface area contributed by atoms with Gasteiger partial charge in [0.2, 0.25) is 0 Å². The minimum Gasteiger partial charge on any atom is -0.467 e. The minimum absolute atomic E-state index is 0.0659. The molecule has 0 fully saturated rings. The van der Waals surface area contributed by atoms with E-state index in [4.69, 9.17) is 9.47 Å². The van der Waals surface area contributed by atoms with Crippen molar-refractivity contribution < 1.29 is 23.8 Å². The Kier molecular flexibility index (Phi) is 8.06. The molecule has 0 rings (SSSR count). The van der Waals surface area contributed by atoms with E-state index in [9.17, 15) is 9.59 Å². The van der Waals surface area contributed by atoms with Gasteiger partial charge in [0.05, 0.1) is 13.7 Å². The third kappa shape index (κ3) is 5.83. The summed E-state index contributed by atoms with van der Waals surface area (Å²) in [6, 6.07) is -1.16. The zero-order chi connectivity index (χ0) is 14.1. The lowest BCUT2D eigenvalue weighted by Gasteiger charge is -2.21. The topological polar surface area (TPSA) is 85.9 Å². The summed E-state index contributed by atoms with van der Waals surface area (Å²) >= 11 is 0. The second kappa shape index (κ2) is 8.71. The predicted octanol–water partition coefficient (Wildman–Crippen LogP) is 0.102. The first kappa shape index (κ1) is 16.7. The number of nitrogens with one attached hydrogen (secondary N) is 2. The van der Waals surface area contributed by atoms with E-state index in [2.05, 4.69) is 15.4 Å². The molecule has 1 unspecified atom stereocenters. The van der Waals surface area contributed by atoms with Crippen molar-refractivity contribution in [2.75, 3.05) is 27.9 Å². The maximum absolute atomic E-state index is 11.6. The molecule has 7 nitrogen and oxygen atoms in total. The lowest BCUT2D eigenvalue weighted by Crippen LogP contribution is -2.50. The first-order valence-electron chi connectivity index (χ1n) is 5.64. The van der Waals surface area contributed by atoms with Gasteiger partial charge in [-0.15, -0.1) is 0 Å². The molecule has 0 saturated carbocycles. The van der Waals surface area contributed by atoms with Gasteiger partial charge in [0.15, 0.2) is 6.29 Å². The molecular formula is C11H22N2O5. The molecule has 0 aromatic rings. The lowest BCUT2D eigenvalue weighted by molar-refractivity contribution is -0.144. The van der Waals surface area contributed by atoms with Crippen LogP contribution in [0, 0.1) is 5.92 Å². The van der Waals surface area contributed by atoms with Crippen molar-refractivity contribution in [3.63, 3.8) is 0 Å². The minimum atomic E-state index is -0.682. The van der Waals surface area contributed by atoms with Gasteiger partial charge in [-0.3, -0.25) is 0 Å². The summed E-state index contributed by atoms with van der Waals surface area (Å²) in [5, 5.41) is 5.08. The van der Waals surface area contributed by atoms with E-state index in [0.29, 0.717) is 0 Å². The number of carbonyl (C=O) groups excluding carboxylic acids is 2. The highest BCUT2D eigenvalue weighted by Gasteiger charge is 2.24. The fourth-order valence-corrected chi connectivity index (χ4v) is 1.26. The summed E-state index contributed by atoms with van der Waals surface area (Å²) in [7, 11) is 4.22. The van der Waals surface area contributed by atoms with Crippen LogP contribution < -0.4 is 10.6 Å². The van der Waals surface area contributed by atoms with E-state index in [1.54, 1.807) is 0 Å². The van der Waals surface area contributed by atoms with Crippen LogP contribution in [0.2, 0.25) is 0 Å². The Bertz CT molecular complexity index is 266. The van der Waals surface area contributed by atoms with Gasteiger partial charge in [0, 0.05) is 14.2 Å². The van der Waals surface area contributed by atoms with Gasteiger partial charge in [-0.25, -0.2) is 9.59 Å². The molecule has 2 amide bonds. The Balaban J connectivity index is 4.22. The zero-order valence-corrected chi connectivity index (χ0v) is 11.5. The lowest BCUT2D eigenvalue weighted by atomic mass is 10.1. The SMILES string of the molecule is COC(=O)C(NC(=O)NCC(OC)OC)C(C)C. The molecule has 0 spiro atoms. The molecule has 0 heterocycles. The number of hydrogen-bond donors (Lipinski definition) is 2. The van der Waals surface area contributed by atoms with Crippen molar-refractivity contribution in [1.82, 2.24) is 10.6 Å². The molecule has 0 bridgehead atoms. The number of rotatable bonds is 7. The number of methoxy groups -OCH3 is 3. The molecule has 2 N–H and O–H groups in total. The molecule has 0 aliphatic carbocycles. The summed E-state index contributed by atoms with van der Waals surface area (Å²) in [4.78, 5) is 23.0. The number of hydrogen-bond acceptors (Lipinski definition) is 5. The van der Waals surface area contributed by atoms with Gasteiger partial charge < -0.3 is 24.8 Å². The first-order chi connectivity index (χ1) is 8.46. The summed E-state index contributed by atoms with van der Waals surface area (Å²) in [5.74, 6) is -0.543. The molecule has 1 atom stereocenters. The quantitative estimate of drug-likeness (QED) is 0.502. The van der Waals surface area contributed by atoms with E-state index < -0.39 is 24.3 Å². The van der Waals surface area contributed by atoms with Gasteiger partial charge >= 0.3 is 12.0 Å². The van der Waals surface area contributed by atoms with E-state index in [-0.39, 0.29) is 12.5 Å². The van der Waals surface area contributed by atoms with Gasteiger partial charge in [-0.2, -0.15) is 0 Å². The van der Waals surface area contributed by atoms with Crippen molar-refractivity contribution in [3.05, 3.63) is 0 Å². The van der Waals surface area contributed by atoms with Crippen molar-refractivity contribution in [2.45, 2.75) is 26.2 Å². The van der Waals surface area contributed by atoms with E-state index in [0.717, 1.165) is 0 Å². The van der Waals surface area contributed by atoms with Crippen molar-refractivity contribution >= 4 is 12.0 Å². The summed E-state index contributed by atoms with van der Waals surface area (Å²) in [6.45, 7) is 3.81. The molecule has 0 aromatic heterocycles. The summed E-state index contributed by atoms with van der Waals surface area (Å²) in [5.41, 5.74) is 0. The third-order valence-electron chi connectivity index (χ3n) is 2.36. The van der Waals surface area contributed by atoms with Crippen LogP contribution >= 0.6 is 0 Å². The Morgan fingerprint density at radius 3 is 2.06 bits per heavy atom. The monoisotopic (exact) mass is 262 g/mol. The highest BCUT2D eigenvalue weighted by molar-refractivity contribution is 5.83. The molecular weight excluding hydrogens is 240 g/mol. The third-order valence-corrected chi connectivity index (χ3v) is 2.36. The highest BCUT2D eigenvalue weighted by Crippen LogP contribution is 2.03. The number of ether oxygens (including phenoxy) is 3. The molecule has 0 aromatic carbocycles. The molecule has 0 aliphatic heterocycles. The number of urea groups is 1. The van der Waals surface area contributed by atoms with Crippen molar-refractivity contribution in [2.24, 2.45) is 5.92 Å². The normalized spacial score (nSPS) is 12.4. The van der Waals surface area contributed by atoms with Crippen LogP contribution in [0.5, 0.6) is 0 Å². The van der Waals surface area contributed by atoms with Crippen LogP contribution in [0.25, 0.3) is 0 Å². The smallest absolute Gasteiger partial charge is 0.328 e.